The number of benzene rings is 1. The van der Waals surface area contributed by atoms with E-state index in [0.29, 0.717) is 0 Å². The van der Waals surface area contributed by atoms with Crippen LogP contribution in [0.1, 0.15) is 5.56 Å². The molecule has 0 unspecified atom stereocenters. The quantitative estimate of drug-likeness (QED) is 0.721. The van der Waals surface area contributed by atoms with Crippen LogP contribution in [0, 0.1) is 17.5 Å². The summed E-state index contributed by atoms with van der Waals surface area (Å²) < 4.78 is 42.6. The zero-order valence-corrected chi connectivity index (χ0v) is 6.77. The average Bonchev–Trinajstić information content (AvgIpc) is 2.15. The Hall–Kier alpha value is -1.23. The van der Waals surface area contributed by atoms with Crippen LogP contribution in [0.25, 0.3) is 0 Å². The van der Waals surface area contributed by atoms with E-state index >= 15 is 0 Å². The highest BCUT2D eigenvalue weighted by atomic mass is 19.2. The van der Waals surface area contributed by atoms with Crippen LogP contribution >= 0.6 is 0 Å². The van der Waals surface area contributed by atoms with Gasteiger partial charge in [-0.2, -0.15) is 4.39 Å². The van der Waals surface area contributed by atoms with Crippen molar-refractivity contribution in [1.29, 1.82) is 0 Å². The summed E-state index contributed by atoms with van der Waals surface area (Å²) in [5, 5.41) is 8.57. The Labute approximate surface area is 72.6 Å². The van der Waals surface area contributed by atoms with Gasteiger partial charge in [0.15, 0.2) is 17.4 Å². The van der Waals surface area contributed by atoms with Crippen molar-refractivity contribution in [2.45, 2.75) is 6.61 Å². The van der Waals surface area contributed by atoms with Gasteiger partial charge in [0.2, 0.25) is 5.82 Å². The molecule has 0 bridgehead atoms. The van der Waals surface area contributed by atoms with Gasteiger partial charge in [-0.3, -0.25) is 0 Å². The lowest BCUT2D eigenvalue weighted by Gasteiger charge is -2.06. The van der Waals surface area contributed by atoms with E-state index in [1.807, 2.05) is 0 Å². The molecule has 0 amide bonds. The molecule has 5 heteroatoms. The summed E-state index contributed by atoms with van der Waals surface area (Å²) in [5.74, 6) is -4.84. The fraction of sp³-hybridized carbons (Fsp3) is 0.250. The third-order valence-electron chi connectivity index (χ3n) is 1.58. The Bertz CT molecular complexity index is 297. The van der Waals surface area contributed by atoms with Crippen molar-refractivity contribution in [2.24, 2.45) is 0 Å². The van der Waals surface area contributed by atoms with Gasteiger partial charge in [-0.05, 0) is 6.07 Å². The van der Waals surface area contributed by atoms with Gasteiger partial charge in [0.25, 0.3) is 0 Å². The van der Waals surface area contributed by atoms with Crippen LogP contribution in [0.3, 0.4) is 0 Å². The lowest BCUT2D eigenvalue weighted by atomic mass is 10.2. The van der Waals surface area contributed by atoms with Crippen molar-refractivity contribution in [3.63, 3.8) is 0 Å². The second kappa shape index (κ2) is 3.66. The van der Waals surface area contributed by atoms with E-state index in [9.17, 15) is 13.2 Å². The minimum Gasteiger partial charge on any atom is -0.494 e. The van der Waals surface area contributed by atoms with Crippen LogP contribution < -0.4 is 4.74 Å². The Morgan fingerprint density at radius 3 is 2.31 bits per heavy atom. The zero-order valence-electron chi connectivity index (χ0n) is 6.77. The summed E-state index contributed by atoms with van der Waals surface area (Å²) in [6.45, 7) is -0.709. The minimum atomic E-state index is -1.64. The Balaban J connectivity index is 3.36. The molecule has 0 saturated carbocycles. The predicted molar refractivity (Wildman–Crippen MR) is 38.8 cm³/mol. The van der Waals surface area contributed by atoms with Crippen molar-refractivity contribution < 1.29 is 23.0 Å². The first-order valence-corrected chi connectivity index (χ1v) is 3.43. The maximum Gasteiger partial charge on any atom is 0.203 e. The van der Waals surface area contributed by atoms with E-state index in [1.54, 1.807) is 0 Å². The van der Waals surface area contributed by atoms with Crippen LogP contribution in [0.4, 0.5) is 13.2 Å². The van der Waals surface area contributed by atoms with E-state index in [2.05, 4.69) is 4.74 Å². The second-order valence-electron chi connectivity index (χ2n) is 2.34. The molecule has 0 heterocycles. The SMILES string of the molecule is COc1cc(CO)c(F)c(F)c1F. The molecule has 1 N–H and O–H groups in total. The van der Waals surface area contributed by atoms with E-state index in [0.717, 1.165) is 13.2 Å². The number of rotatable bonds is 2. The highest BCUT2D eigenvalue weighted by Gasteiger charge is 2.18. The van der Waals surface area contributed by atoms with Gasteiger partial charge in [0.1, 0.15) is 0 Å². The normalized spacial score (nSPS) is 10.2. The molecule has 0 atom stereocenters. The molecule has 0 aliphatic heterocycles. The molecule has 0 aliphatic rings. The third-order valence-corrected chi connectivity index (χ3v) is 1.58. The first-order chi connectivity index (χ1) is 6.11. The summed E-state index contributed by atoms with van der Waals surface area (Å²) in [5.41, 5.74) is -0.337. The summed E-state index contributed by atoms with van der Waals surface area (Å²) in [6.07, 6.45) is 0. The molecule has 0 radical (unpaired) electrons. The maximum atomic E-state index is 12.8. The van der Waals surface area contributed by atoms with Crippen molar-refractivity contribution in [3.05, 3.63) is 29.1 Å². The first kappa shape index (κ1) is 9.85. The fourth-order valence-corrected chi connectivity index (χ4v) is 0.894. The first-order valence-electron chi connectivity index (χ1n) is 3.43. The van der Waals surface area contributed by atoms with Gasteiger partial charge in [-0.25, -0.2) is 8.78 Å². The Morgan fingerprint density at radius 2 is 1.85 bits per heavy atom. The molecule has 0 fully saturated rings. The molecule has 1 aromatic rings. The Morgan fingerprint density at radius 1 is 1.23 bits per heavy atom. The summed E-state index contributed by atoms with van der Waals surface area (Å²) in [7, 11) is 1.12. The summed E-state index contributed by atoms with van der Waals surface area (Å²) in [4.78, 5) is 0. The predicted octanol–water partition coefficient (Wildman–Crippen LogP) is 1.60. The summed E-state index contributed by atoms with van der Waals surface area (Å²) >= 11 is 0. The van der Waals surface area contributed by atoms with Gasteiger partial charge in [-0.15, -0.1) is 0 Å². The number of ether oxygens (including phenoxy) is 1. The topological polar surface area (TPSA) is 29.5 Å². The van der Waals surface area contributed by atoms with Crippen molar-refractivity contribution >= 4 is 0 Å². The molecule has 2 nitrogen and oxygen atoms in total. The molecule has 0 aromatic heterocycles. The number of hydrogen-bond acceptors (Lipinski definition) is 2. The van der Waals surface area contributed by atoms with E-state index < -0.39 is 29.8 Å². The van der Waals surface area contributed by atoms with Gasteiger partial charge < -0.3 is 9.84 Å². The van der Waals surface area contributed by atoms with Gasteiger partial charge in [0.05, 0.1) is 13.7 Å². The van der Waals surface area contributed by atoms with Crippen molar-refractivity contribution in [2.75, 3.05) is 7.11 Å². The van der Waals surface area contributed by atoms with Gasteiger partial charge in [-0.1, -0.05) is 0 Å². The average molecular weight is 192 g/mol. The number of hydrogen-bond donors (Lipinski definition) is 1. The highest BCUT2D eigenvalue weighted by Crippen LogP contribution is 2.24. The zero-order chi connectivity index (χ0) is 10.0. The molecule has 0 spiro atoms. The van der Waals surface area contributed by atoms with Gasteiger partial charge >= 0.3 is 0 Å². The van der Waals surface area contributed by atoms with Crippen LogP contribution in [0.15, 0.2) is 6.07 Å². The largest absolute Gasteiger partial charge is 0.494 e. The smallest absolute Gasteiger partial charge is 0.203 e. The van der Waals surface area contributed by atoms with Crippen LogP contribution in [-0.4, -0.2) is 12.2 Å². The van der Waals surface area contributed by atoms with Crippen molar-refractivity contribution in [3.8, 4) is 5.75 Å². The monoisotopic (exact) mass is 192 g/mol. The van der Waals surface area contributed by atoms with E-state index in [1.165, 1.54) is 0 Å². The number of methoxy groups -OCH3 is 1. The van der Waals surface area contributed by atoms with Crippen molar-refractivity contribution in [1.82, 2.24) is 0 Å². The molecule has 13 heavy (non-hydrogen) atoms. The maximum absolute atomic E-state index is 12.8. The Kier molecular flexibility index (Phi) is 2.77. The molecule has 1 aromatic carbocycles. The molecule has 1 rings (SSSR count). The molecular weight excluding hydrogens is 185 g/mol. The number of aliphatic hydroxyl groups is 1. The third kappa shape index (κ3) is 1.60. The van der Waals surface area contributed by atoms with E-state index in [-0.39, 0.29) is 5.56 Å². The van der Waals surface area contributed by atoms with E-state index in [4.69, 9.17) is 5.11 Å². The lowest BCUT2D eigenvalue weighted by molar-refractivity contribution is 0.269. The summed E-state index contributed by atoms with van der Waals surface area (Å²) in [6, 6.07) is 0.910. The lowest BCUT2D eigenvalue weighted by Crippen LogP contribution is -2.01. The number of aliphatic hydroxyl groups excluding tert-OH is 1. The number of halogens is 3. The highest BCUT2D eigenvalue weighted by molar-refractivity contribution is 5.32. The standard InChI is InChI=1S/C8H7F3O2/c1-13-5-2-4(3-12)6(9)8(11)7(5)10/h2,12H,3H2,1H3. The molecule has 0 aliphatic carbocycles. The van der Waals surface area contributed by atoms with Crippen LogP contribution in [0.5, 0.6) is 5.75 Å². The minimum absolute atomic E-state index is 0.337. The fourth-order valence-electron chi connectivity index (χ4n) is 0.894. The molecular formula is C8H7F3O2. The van der Waals surface area contributed by atoms with Crippen LogP contribution in [0.2, 0.25) is 0 Å². The second-order valence-corrected chi connectivity index (χ2v) is 2.34. The van der Waals surface area contributed by atoms with Crippen LogP contribution in [-0.2, 0) is 6.61 Å². The molecule has 72 valence electrons. The van der Waals surface area contributed by atoms with Gasteiger partial charge in [0, 0.05) is 5.56 Å². The molecule has 0 saturated heterocycles.